The molecule has 0 spiro atoms. The van der Waals surface area contributed by atoms with Gasteiger partial charge in [0.15, 0.2) is 12.2 Å². The fourth-order valence-corrected chi connectivity index (χ4v) is 13.7. The molecule has 0 aliphatic heterocycles. The van der Waals surface area contributed by atoms with Crippen molar-refractivity contribution in [2.24, 2.45) is 11.8 Å². The summed E-state index contributed by atoms with van der Waals surface area (Å²) in [6.07, 6.45) is 66.0. The van der Waals surface area contributed by atoms with Crippen molar-refractivity contribution >= 4 is 39.5 Å². The van der Waals surface area contributed by atoms with Crippen LogP contribution < -0.4 is 0 Å². The van der Waals surface area contributed by atoms with Crippen molar-refractivity contribution in [2.75, 3.05) is 39.6 Å². The van der Waals surface area contributed by atoms with Crippen molar-refractivity contribution in [3.63, 3.8) is 0 Å². The van der Waals surface area contributed by atoms with Crippen LogP contribution in [0.1, 0.15) is 408 Å². The van der Waals surface area contributed by atoms with Crippen LogP contribution in [0.15, 0.2) is 24.3 Å². The van der Waals surface area contributed by atoms with Crippen LogP contribution >= 0.6 is 15.6 Å². The van der Waals surface area contributed by atoms with Gasteiger partial charge in [-0.1, -0.05) is 355 Å². The number of phosphoric acid groups is 2. The molecule has 0 aliphatic rings. The number of aliphatic hydroxyl groups is 1. The lowest BCUT2D eigenvalue weighted by molar-refractivity contribution is -0.161. The first-order valence-electron chi connectivity index (χ1n) is 41.8. The number of allylic oxidation sites excluding steroid dienone is 4. The van der Waals surface area contributed by atoms with Crippen LogP contribution in [0.3, 0.4) is 0 Å². The molecule has 0 rings (SSSR count). The van der Waals surface area contributed by atoms with Gasteiger partial charge in [-0.05, 0) is 63.2 Å². The fourth-order valence-electron chi connectivity index (χ4n) is 12.1. The van der Waals surface area contributed by atoms with Crippen LogP contribution in [0, 0.1) is 11.8 Å². The van der Waals surface area contributed by atoms with Crippen molar-refractivity contribution in [3.05, 3.63) is 24.3 Å². The number of phosphoric ester groups is 2. The summed E-state index contributed by atoms with van der Waals surface area (Å²) in [5.74, 6) is -0.495. The van der Waals surface area contributed by atoms with Crippen molar-refractivity contribution in [3.8, 4) is 0 Å². The van der Waals surface area contributed by atoms with Gasteiger partial charge in [0.05, 0.1) is 26.4 Å². The van der Waals surface area contributed by atoms with Crippen LogP contribution in [-0.2, 0) is 65.4 Å². The Hall–Kier alpha value is -2.46. The Morgan fingerprint density at radius 3 is 0.891 bits per heavy atom. The van der Waals surface area contributed by atoms with E-state index in [0.717, 1.165) is 121 Å². The Morgan fingerprint density at radius 1 is 0.327 bits per heavy atom. The number of unbranched alkanes of at least 4 members (excludes halogenated alkanes) is 45. The highest BCUT2D eigenvalue weighted by Crippen LogP contribution is 2.45. The maximum absolute atomic E-state index is 13.1. The summed E-state index contributed by atoms with van der Waals surface area (Å²) >= 11 is 0. The maximum Gasteiger partial charge on any atom is 0.472 e. The molecule has 0 aromatic rings. The molecule has 19 heteroatoms. The minimum absolute atomic E-state index is 0.102. The SMILES string of the molecule is CCCCCC/C=C\C=C/CCCCCCCC(=O)OC[C@H](COP(=O)(O)OC[C@@H](O)COP(=O)(O)OC[C@@H](COC(=O)CCCCCCCCCCC)OC(=O)CCCCCCCCCCCCCCC(C)C)OC(=O)CCCCCCCCCCCCCCCCCCCCC(C)CC. The summed E-state index contributed by atoms with van der Waals surface area (Å²) in [5.41, 5.74) is 0. The minimum Gasteiger partial charge on any atom is -0.462 e. The zero-order valence-electron chi connectivity index (χ0n) is 65.7. The summed E-state index contributed by atoms with van der Waals surface area (Å²) in [6, 6.07) is 0. The predicted octanol–water partition coefficient (Wildman–Crippen LogP) is 24.2. The molecule has 6 atom stereocenters. The number of carbonyl (C=O) groups excluding carboxylic acids is 4. The lowest BCUT2D eigenvalue weighted by Crippen LogP contribution is -2.30. The molecule has 0 amide bonds. The highest BCUT2D eigenvalue weighted by molar-refractivity contribution is 7.47. The van der Waals surface area contributed by atoms with Crippen LogP contribution in [-0.4, -0.2) is 96.7 Å². The predicted molar refractivity (Wildman–Crippen MR) is 414 cm³/mol. The first-order chi connectivity index (χ1) is 48.9. The van der Waals surface area contributed by atoms with Gasteiger partial charge in [0, 0.05) is 25.7 Å². The Kier molecular flexibility index (Phi) is 71.3. The van der Waals surface area contributed by atoms with Crippen LogP contribution in [0.5, 0.6) is 0 Å². The van der Waals surface area contributed by atoms with Crippen LogP contribution in [0.2, 0.25) is 0 Å². The molecular weight excluding hydrogens is 1320 g/mol. The number of esters is 4. The van der Waals surface area contributed by atoms with E-state index in [2.05, 4.69) is 65.8 Å². The molecule has 0 aromatic heterocycles. The summed E-state index contributed by atoms with van der Waals surface area (Å²) in [5, 5.41) is 10.6. The van der Waals surface area contributed by atoms with E-state index in [1.54, 1.807) is 0 Å². The fraction of sp³-hybridized carbons (Fsp3) is 0.902. The van der Waals surface area contributed by atoms with Gasteiger partial charge in [-0.2, -0.15) is 0 Å². The molecule has 0 saturated carbocycles. The van der Waals surface area contributed by atoms with E-state index in [1.807, 2.05) is 0 Å². The van der Waals surface area contributed by atoms with Crippen LogP contribution in [0.25, 0.3) is 0 Å². The molecule has 0 bridgehead atoms. The molecule has 0 fully saturated rings. The van der Waals surface area contributed by atoms with E-state index in [4.69, 9.17) is 37.0 Å². The first kappa shape index (κ1) is 98.5. The zero-order valence-corrected chi connectivity index (χ0v) is 67.5. The van der Waals surface area contributed by atoms with Crippen LogP contribution in [0.4, 0.5) is 0 Å². The molecule has 17 nitrogen and oxygen atoms in total. The normalized spacial score (nSPS) is 14.3. The lowest BCUT2D eigenvalue weighted by atomic mass is 9.99. The lowest BCUT2D eigenvalue weighted by Gasteiger charge is -2.21. The van der Waals surface area contributed by atoms with Gasteiger partial charge in [0.2, 0.25) is 0 Å². The zero-order chi connectivity index (χ0) is 74.2. The number of ether oxygens (including phenoxy) is 4. The second kappa shape index (κ2) is 73.1. The minimum atomic E-state index is -4.97. The third-order valence-corrected chi connectivity index (χ3v) is 20.8. The molecule has 0 aromatic carbocycles. The molecule has 3 unspecified atom stereocenters. The topological polar surface area (TPSA) is 237 Å². The summed E-state index contributed by atoms with van der Waals surface area (Å²) < 4.78 is 68.6. The quantitative estimate of drug-likeness (QED) is 0.0169. The Morgan fingerprint density at radius 2 is 0.584 bits per heavy atom. The van der Waals surface area contributed by atoms with E-state index >= 15 is 0 Å². The second-order valence-electron chi connectivity index (χ2n) is 29.5. The van der Waals surface area contributed by atoms with Gasteiger partial charge < -0.3 is 33.8 Å². The monoisotopic (exact) mass is 1480 g/mol. The molecule has 0 radical (unpaired) electrons. The second-order valence-corrected chi connectivity index (χ2v) is 32.5. The molecule has 3 N–H and O–H groups in total. The molecule has 0 heterocycles. The summed E-state index contributed by atoms with van der Waals surface area (Å²) in [6.45, 7) is 9.63. The average Bonchev–Trinajstić information content (AvgIpc) is 0.924. The van der Waals surface area contributed by atoms with Gasteiger partial charge in [0.1, 0.15) is 19.3 Å². The van der Waals surface area contributed by atoms with Gasteiger partial charge in [0.25, 0.3) is 0 Å². The summed E-state index contributed by atoms with van der Waals surface area (Å²) in [7, 11) is -9.93. The Bertz CT molecular complexity index is 2040. The maximum atomic E-state index is 13.1. The van der Waals surface area contributed by atoms with Gasteiger partial charge in [-0.25, -0.2) is 9.13 Å². The number of carbonyl (C=O) groups is 4. The molecule has 596 valence electrons. The Balaban J connectivity index is 5.23. The number of rotatable bonds is 79. The van der Waals surface area contributed by atoms with Gasteiger partial charge in [-0.3, -0.25) is 37.3 Å². The smallest absolute Gasteiger partial charge is 0.462 e. The third-order valence-electron chi connectivity index (χ3n) is 18.9. The third kappa shape index (κ3) is 74.2. The molecular formula is C82H156O17P2. The number of hydrogen-bond donors (Lipinski definition) is 3. The largest absolute Gasteiger partial charge is 0.472 e. The Labute approximate surface area is 618 Å². The number of hydrogen-bond acceptors (Lipinski definition) is 15. The highest BCUT2D eigenvalue weighted by Gasteiger charge is 2.30. The van der Waals surface area contributed by atoms with E-state index in [1.165, 1.54) is 205 Å². The van der Waals surface area contributed by atoms with Gasteiger partial charge in [-0.15, -0.1) is 0 Å². The molecule has 101 heavy (non-hydrogen) atoms. The van der Waals surface area contributed by atoms with E-state index in [0.29, 0.717) is 25.7 Å². The van der Waals surface area contributed by atoms with Crippen molar-refractivity contribution < 1.29 is 80.2 Å². The average molecular weight is 1480 g/mol. The number of aliphatic hydroxyl groups excluding tert-OH is 1. The summed E-state index contributed by atoms with van der Waals surface area (Å²) in [4.78, 5) is 73.0. The van der Waals surface area contributed by atoms with E-state index in [-0.39, 0.29) is 25.7 Å². The van der Waals surface area contributed by atoms with Crippen molar-refractivity contribution in [1.82, 2.24) is 0 Å². The van der Waals surface area contributed by atoms with Gasteiger partial charge >= 0.3 is 39.5 Å². The van der Waals surface area contributed by atoms with E-state index < -0.39 is 97.5 Å². The van der Waals surface area contributed by atoms with E-state index in [9.17, 15) is 43.2 Å². The van der Waals surface area contributed by atoms with Crippen molar-refractivity contribution in [2.45, 2.75) is 426 Å². The molecule has 0 aliphatic carbocycles. The standard InChI is InChI=1S/C82H156O17P2/c1-7-10-12-14-16-18-19-20-25-29-35-41-47-53-59-65-80(85)93-71-78(99-81(86)66-60-54-48-42-36-30-27-24-22-21-23-26-28-34-40-45-51-57-63-75(6)9-3)73-97-101(90,91)95-69-76(83)68-94-100(88,89)96-72-77(70-92-79(84)64-58-52-46-38-17-15-13-11-8-2)98-82(87)67-61-55-49-43-37-32-31-33-39-44-50-56-62-74(4)5/h18-20,25,74-78,83H,7-17,21-24,26-73H2,1-6H3,(H,88,89)(H,90,91)/b19-18-,25-20-/t75?,76-,77+,78+/m0/s1. The first-order valence-corrected chi connectivity index (χ1v) is 44.8. The van der Waals surface area contributed by atoms with Crippen molar-refractivity contribution in [1.29, 1.82) is 0 Å². The molecule has 0 saturated heterocycles. The highest BCUT2D eigenvalue weighted by atomic mass is 31.2.